The molecule has 0 bridgehead atoms. The third-order valence-corrected chi connectivity index (χ3v) is 5.85. The molecule has 2 rings (SSSR count). The lowest BCUT2D eigenvalue weighted by atomic mass is 9.95. The minimum atomic E-state index is -0.728. The van der Waals surface area contributed by atoms with Crippen molar-refractivity contribution in [3.05, 3.63) is 47.5 Å². The molecule has 2 atom stereocenters. The molecule has 0 heterocycles. The Balaban J connectivity index is 1.90. The highest BCUT2D eigenvalue weighted by atomic mass is 16.5. The molecule has 0 aliphatic rings. The molecule has 0 aliphatic heterocycles. The monoisotopic (exact) mass is 475 g/mol. The van der Waals surface area contributed by atoms with E-state index in [4.69, 9.17) is 19.7 Å². The topological polar surface area (TPSA) is 111 Å². The van der Waals surface area contributed by atoms with Crippen molar-refractivity contribution in [2.24, 2.45) is 0 Å². The van der Waals surface area contributed by atoms with Crippen molar-refractivity contribution in [2.45, 2.75) is 58.2 Å². The van der Waals surface area contributed by atoms with E-state index in [1.807, 2.05) is 24.3 Å². The summed E-state index contributed by atoms with van der Waals surface area (Å²) in [6, 6.07) is 12.2. The molecular weight excluding hydrogens is 434 g/mol. The zero-order valence-electron chi connectivity index (χ0n) is 20.5. The molecule has 5 N–H and O–H groups in total. The van der Waals surface area contributed by atoms with Crippen LogP contribution >= 0.6 is 0 Å². The van der Waals surface area contributed by atoms with Crippen LogP contribution in [0.25, 0.3) is 11.1 Å². The van der Waals surface area contributed by atoms with Crippen LogP contribution in [0.15, 0.2) is 36.4 Å². The zero-order chi connectivity index (χ0) is 24.8. The number of ether oxygens (including phenoxy) is 2. The van der Waals surface area contributed by atoms with E-state index in [0.717, 1.165) is 59.4 Å². The van der Waals surface area contributed by atoms with Gasteiger partial charge in [0.25, 0.3) is 0 Å². The van der Waals surface area contributed by atoms with E-state index < -0.39 is 12.2 Å². The Kier molecular flexibility index (Phi) is 13.0. The number of nitrogens with one attached hydrogen (secondary N) is 1. The van der Waals surface area contributed by atoms with Crippen molar-refractivity contribution in [3.63, 3.8) is 0 Å². The van der Waals surface area contributed by atoms with Crippen LogP contribution in [0.1, 0.15) is 43.2 Å². The number of benzene rings is 2. The molecule has 0 radical (unpaired) electrons. The SMILES string of the molecule is Cc1c(OCCCCC[C@H](O)CO)cccc1-c1cccc(OCCCNC[C@H](O)CO)c1C. The van der Waals surface area contributed by atoms with Gasteiger partial charge < -0.3 is 35.2 Å². The van der Waals surface area contributed by atoms with Crippen LogP contribution in [0.5, 0.6) is 11.5 Å². The number of hydrogen-bond acceptors (Lipinski definition) is 7. The first-order chi connectivity index (χ1) is 16.5. The van der Waals surface area contributed by atoms with Gasteiger partial charge in [0.1, 0.15) is 11.5 Å². The second kappa shape index (κ2) is 15.7. The number of unbranched alkanes of at least 4 members (excludes halogenated alkanes) is 2. The van der Waals surface area contributed by atoms with E-state index in [9.17, 15) is 10.2 Å². The van der Waals surface area contributed by atoms with Crippen LogP contribution in [-0.2, 0) is 0 Å². The van der Waals surface area contributed by atoms with Crippen LogP contribution < -0.4 is 14.8 Å². The summed E-state index contributed by atoms with van der Waals surface area (Å²) in [6.45, 7) is 5.97. The molecule has 2 aromatic carbocycles. The Morgan fingerprint density at radius 2 is 1.29 bits per heavy atom. The zero-order valence-corrected chi connectivity index (χ0v) is 20.5. The van der Waals surface area contributed by atoms with E-state index in [2.05, 4.69) is 31.3 Å². The quantitative estimate of drug-likeness (QED) is 0.224. The van der Waals surface area contributed by atoms with Crippen LogP contribution in [0.4, 0.5) is 0 Å². The third-order valence-electron chi connectivity index (χ3n) is 5.85. The van der Waals surface area contributed by atoms with Gasteiger partial charge in [-0.25, -0.2) is 0 Å². The van der Waals surface area contributed by atoms with Gasteiger partial charge in [0, 0.05) is 6.54 Å². The highest BCUT2D eigenvalue weighted by molar-refractivity contribution is 5.74. The molecule has 0 unspecified atom stereocenters. The summed E-state index contributed by atoms with van der Waals surface area (Å²) in [7, 11) is 0. The number of rotatable bonds is 17. The first-order valence-corrected chi connectivity index (χ1v) is 12.2. The second-order valence-corrected chi connectivity index (χ2v) is 8.63. The molecule has 190 valence electrons. The molecule has 0 fully saturated rings. The fourth-order valence-electron chi connectivity index (χ4n) is 3.77. The van der Waals surface area contributed by atoms with Crippen molar-refractivity contribution >= 4 is 0 Å². The van der Waals surface area contributed by atoms with Crippen molar-refractivity contribution < 1.29 is 29.9 Å². The van der Waals surface area contributed by atoms with E-state index in [1.165, 1.54) is 0 Å². The van der Waals surface area contributed by atoms with E-state index in [1.54, 1.807) is 0 Å². The molecule has 0 spiro atoms. The van der Waals surface area contributed by atoms with Crippen LogP contribution in [0.2, 0.25) is 0 Å². The molecule has 34 heavy (non-hydrogen) atoms. The van der Waals surface area contributed by atoms with Gasteiger partial charge in [-0.05, 0) is 80.5 Å². The molecule has 0 aliphatic carbocycles. The summed E-state index contributed by atoms with van der Waals surface area (Å²) in [4.78, 5) is 0. The maximum absolute atomic E-state index is 9.41. The summed E-state index contributed by atoms with van der Waals surface area (Å²) < 4.78 is 12.1. The fraction of sp³-hybridized carbons (Fsp3) is 0.556. The minimum absolute atomic E-state index is 0.179. The summed E-state index contributed by atoms with van der Waals surface area (Å²) in [5.41, 5.74) is 4.40. The molecule has 7 heteroatoms. The number of aliphatic hydroxyl groups is 4. The minimum Gasteiger partial charge on any atom is -0.493 e. The van der Waals surface area contributed by atoms with Gasteiger partial charge in [0.15, 0.2) is 0 Å². The maximum atomic E-state index is 9.41. The lowest BCUT2D eigenvalue weighted by Crippen LogP contribution is -2.30. The van der Waals surface area contributed by atoms with E-state index in [0.29, 0.717) is 32.7 Å². The summed E-state index contributed by atoms with van der Waals surface area (Å²) in [5.74, 6) is 1.72. The Morgan fingerprint density at radius 3 is 1.85 bits per heavy atom. The third kappa shape index (κ3) is 9.24. The smallest absolute Gasteiger partial charge is 0.122 e. The Morgan fingerprint density at radius 1 is 0.735 bits per heavy atom. The molecular formula is C27H41NO6. The lowest BCUT2D eigenvalue weighted by molar-refractivity contribution is 0.0857. The van der Waals surface area contributed by atoms with Gasteiger partial charge in [0.2, 0.25) is 0 Å². The Bertz CT molecular complexity index is 774. The van der Waals surface area contributed by atoms with Gasteiger partial charge in [-0.3, -0.25) is 0 Å². The highest BCUT2D eigenvalue weighted by Gasteiger charge is 2.12. The van der Waals surface area contributed by atoms with Gasteiger partial charge in [-0.15, -0.1) is 0 Å². The van der Waals surface area contributed by atoms with Gasteiger partial charge >= 0.3 is 0 Å². The van der Waals surface area contributed by atoms with Gasteiger partial charge in [-0.2, -0.15) is 0 Å². The number of hydrogen-bond donors (Lipinski definition) is 5. The van der Waals surface area contributed by atoms with Gasteiger partial charge in [0.05, 0.1) is 38.6 Å². The summed E-state index contributed by atoms with van der Waals surface area (Å²) in [5, 5.41) is 39.6. The summed E-state index contributed by atoms with van der Waals surface area (Å²) >= 11 is 0. The molecule has 0 amide bonds. The average Bonchev–Trinajstić information content (AvgIpc) is 2.85. The first-order valence-electron chi connectivity index (χ1n) is 12.2. The predicted molar refractivity (Wildman–Crippen MR) is 134 cm³/mol. The van der Waals surface area contributed by atoms with Crippen LogP contribution in [0, 0.1) is 13.8 Å². The molecule has 0 aromatic heterocycles. The average molecular weight is 476 g/mol. The van der Waals surface area contributed by atoms with E-state index in [-0.39, 0.29) is 13.2 Å². The highest BCUT2D eigenvalue weighted by Crippen LogP contribution is 2.35. The first kappa shape index (κ1) is 28.1. The standard InChI is InChI=1S/C27H41NO6/c1-20-24(10-6-12-26(20)33-15-5-3-4-9-22(31)18-29)25-11-7-13-27(21(25)2)34-16-8-14-28-17-23(32)19-30/h6-7,10-13,22-23,28-32H,3-5,8-9,14-19H2,1-2H3/t22-,23-/m0/s1. The molecule has 0 saturated carbocycles. The molecule has 2 aromatic rings. The fourth-order valence-corrected chi connectivity index (χ4v) is 3.77. The largest absolute Gasteiger partial charge is 0.493 e. The predicted octanol–water partition coefficient (Wildman–Crippen LogP) is 2.97. The Labute approximate surface area is 203 Å². The lowest BCUT2D eigenvalue weighted by Gasteiger charge is -2.17. The maximum Gasteiger partial charge on any atom is 0.122 e. The van der Waals surface area contributed by atoms with Crippen LogP contribution in [-0.4, -0.2) is 72.2 Å². The Hall–Kier alpha value is -2.16. The summed E-state index contributed by atoms with van der Waals surface area (Å²) in [6.07, 6.45) is 2.79. The number of aliphatic hydroxyl groups excluding tert-OH is 4. The van der Waals surface area contributed by atoms with Crippen molar-refractivity contribution in [1.29, 1.82) is 0 Å². The molecule has 7 nitrogen and oxygen atoms in total. The van der Waals surface area contributed by atoms with Crippen LogP contribution in [0.3, 0.4) is 0 Å². The normalized spacial score (nSPS) is 13.0. The van der Waals surface area contributed by atoms with E-state index >= 15 is 0 Å². The van der Waals surface area contributed by atoms with Gasteiger partial charge in [-0.1, -0.05) is 30.7 Å². The van der Waals surface area contributed by atoms with Crippen molar-refractivity contribution in [1.82, 2.24) is 5.32 Å². The van der Waals surface area contributed by atoms with Crippen molar-refractivity contribution in [3.8, 4) is 22.6 Å². The second-order valence-electron chi connectivity index (χ2n) is 8.63. The van der Waals surface area contributed by atoms with Crippen molar-refractivity contribution in [2.75, 3.05) is 39.5 Å². The molecule has 0 saturated heterocycles.